The van der Waals surface area contributed by atoms with E-state index in [4.69, 9.17) is 23.1 Å². The van der Waals surface area contributed by atoms with Gasteiger partial charge in [0.25, 0.3) is 12.3 Å². The van der Waals surface area contributed by atoms with Gasteiger partial charge in [0, 0.05) is 6.20 Å². The largest absolute Gasteiger partial charge is 0.397 e. The van der Waals surface area contributed by atoms with E-state index >= 15 is 0 Å². The lowest BCUT2D eigenvalue weighted by Gasteiger charge is -2.08. The molecule has 0 saturated heterocycles. The fourth-order valence-corrected chi connectivity index (χ4v) is 1.08. The van der Waals surface area contributed by atoms with Crippen LogP contribution in [0, 0.1) is 0 Å². The van der Waals surface area contributed by atoms with Crippen molar-refractivity contribution in [2.24, 2.45) is 5.73 Å². The number of alkyl halides is 2. The number of rotatable bonds is 2. The lowest BCUT2D eigenvalue weighted by atomic mass is 10.1. The predicted molar refractivity (Wildman–Crippen MR) is 47.1 cm³/mol. The first kappa shape index (κ1) is 10.6. The molecule has 0 aromatic carbocycles. The van der Waals surface area contributed by atoms with Gasteiger partial charge in [-0.25, -0.2) is 13.8 Å². The zero-order valence-electron chi connectivity index (χ0n) is 6.80. The Morgan fingerprint density at radius 2 is 2.14 bits per heavy atom. The Balaban J connectivity index is 3.45. The summed E-state index contributed by atoms with van der Waals surface area (Å²) >= 11 is 5.46. The van der Waals surface area contributed by atoms with Gasteiger partial charge in [0.1, 0.15) is 5.69 Å². The highest BCUT2D eigenvalue weighted by Crippen LogP contribution is 2.31. The maximum absolute atomic E-state index is 12.4. The number of carbonyl (C=O) groups is 1. The number of pyridine rings is 1. The summed E-state index contributed by atoms with van der Waals surface area (Å²) in [7, 11) is 0. The number of hydrogen-bond donors (Lipinski definition) is 2. The molecule has 1 aromatic rings. The molecule has 76 valence electrons. The topological polar surface area (TPSA) is 82.0 Å². The summed E-state index contributed by atoms with van der Waals surface area (Å²) in [5, 5.41) is -0.134. The minimum absolute atomic E-state index is 0.134. The second-order valence-electron chi connectivity index (χ2n) is 2.45. The van der Waals surface area contributed by atoms with Crippen molar-refractivity contribution in [3.8, 4) is 0 Å². The third kappa shape index (κ3) is 1.74. The van der Waals surface area contributed by atoms with Gasteiger partial charge in [0.2, 0.25) is 0 Å². The summed E-state index contributed by atoms with van der Waals surface area (Å²) < 4.78 is 24.9. The molecule has 1 heterocycles. The summed E-state index contributed by atoms with van der Waals surface area (Å²) in [5.74, 6) is -1.07. The van der Waals surface area contributed by atoms with Crippen LogP contribution in [-0.4, -0.2) is 10.9 Å². The first-order valence-corrected chi connectivity index (χ1v) is 3.84. The lowest BCUT2D eigenvalue weighted by molar-refractivity contribution is 0.0980. The monoisotopic (exact) mass is 221 g/mol. The Morgan fingerprint density at radius 1 is 1.57 bits per heavy atom. The zero-order valence-corrected chi connectivity index (χ0v) is 7.55. The van der Waals surface area contributed by atoms with Crippen molar-refractivity contribution in [2.75, 3.05) is 5.73 Å². The number of nitrogens with zero attached hydrogens (tertiary/aromatic N) is 1. The normalized spacial score (nSPS) is 10.6. The molecule has 0 radical (unpaired) electrons. The molecule has 0 bridgehead atoms. The van der Waals surface area contributed by atoms with E-state index in [2.05, 4.69) is 4.98 Å². The van der Waals surface area contributed by atoms with Gasteiger partial charge in [0.15, 0.2) is 0 Å². The van der Waals surface area contributed by atoms with E-state index < -0.39 is 23.6 Å². The Hall–Kier alpha value is -1.43. The van der Waals surface area contributed by atoms with Gasteiger partial charge in [-0.1, -0.05) is 11.6 Å². The summed E-state index contributed by atoms with van der Waals surface area (Å²) in [6.45, 7) is 0. The molecule has 0 aliphatic carbocycles. The highest BCUT2D eigenvalue weighted by atomic mass is 35.5. The summed E-state index contributed by atoms with van der Waals surface area (Å²) in [6.07, 6.45) is -1.94. The number of hydrogen-bond acceptors (Lipinski definition) is 3. The van der Waals surface area contributed by atoms with Crippen LogP contribution in [0.1, 0.15) is 22.5 Å². The Bertz CT molecular complexity index is 383. The number of anilines is 1. The Morgan fingerprint density at radius 3 is 2.57 bits per heavy atom. The van der Waals surface area contributed by atoms with Crippen LogP contribution in [-0.2, 0) is 0 Å². The summed E-state index contributed by atoms with van der Waals surface area (Å²) in [4.78, 5) is 14.1. The predicted octanol–water partition coefficient (Wildman–Crippen LogP) is 1.35. The molecule has 1 rings (SSSR count). The van der Waals surface area contributed by atoms with Crippen LogP contribution in [0.5, 0.6) is 0 Å². The molecule has 0 saturated carbocycles. The average molecular weight is 222 g/mol. The van der Waals surface area contributed by atoms with Gasteiger partial charge in [-0.2, -0.15) is 0 Å². The first-order valence-electron chi connectivity index (χ1n) is 3.47. The van der Waals surface area contributed by atoms with Gasteiger partial charge >= 0.3 is 0 Å². The number of aromatic nitrogens is 1. The van der Waals surface area contributed by atoms with Crippen molar-refractivity contribution in [3.63, 3.8) is 0 Å². The van der Waals surface area contributed by atoms with Crippen molar-refractivity contribution in [1.82, 2.24) is 4.98 Å². The van der Waals surface area contributed by atoms with Crippen LogP contribution in [0.15, 0.2) is 6.20 Å². The maximum Gasteiger partial charge on any atom is 0.268 e. The molecular weight excluding hydrogens is 216 g/mol. The summed E-state index contributed by atoms with van der Waals surface area (Å²) in [5.41, 5.74) is 8.46. The third-order valence-corrected chi connectivity index (χ3v) is 1.86. The van der Waals surface area contributed by atoms with Crippen molar-refractivity contribution < 1.29 is 13.6 Å². The van der Waals surface area contributed by atoms with E-state index in [0.717, 1.165) is 6.20 Å². The second-order valence-corrected chi connectivity index (χ2v) is 2.85. The summed E-state index contributed by atoms with van der Waals surface area (Å²) in [6, 6.07) is 0. The quantitative estimate of drug-likeness (QED) is 0.791. The van der Waals surface area contributed by atoms with Gasteiger partial charge in [-0.15, -0.1) is 0 Å². The average Bonchev–Trinajstić information content (AvgIpc) is 2.08. The molecule has 1 amide bonds. The highest BCUT2D eigenvalue weighted by molar-refractivity contribution is 6.33. The maximum atomic E-state index is 12.4. The number of nitrogen functional groups attached to an aromatic ring is 1. The molecule has 4 N–H and O–H groups in total. The zero-order chi connectivity index (χ0) is 10.9. The number of nitrogens with two attached hydrogens (primary N) is 2. The molecular formula is C7H6ClF2N3O. The van der Waals surface area contributed by atoms with Crippen LogP contribution >= 0.6 is 11.6 Å². The number of amides is 1. The van der Waals surface area contributed by atoms with Crippen LogP contribution in [0.25, 0.3) is 0 Å². The number of halogens is 3. The van der Waals surface area contributed by atoms with Gasteiger partial charge in [-0.3, -0.25) is 4.79 Å². The van der Waals surface area contributed by atoms with E-state index in [1.54, 1.807) is 0 Å². The van der Waals surface area contributed by atoms with Crippen LogP contribution < -0.4 is 11.5 Å². The molecule has 4 nitrogen and oxygen atoms in total. The molecule has 0 unspecified atom stereocenters. The molecule has 7 heteroatoms. The van der Waals surface area contributed by atoms with Crippen molar-refractivity contribution in [2.45, 2.75) is 6.43 Å². The van der Waals surface area contributed by atoms with E-state index in [9.17, 15) is 13.6 Å². The van der Waals surface area contributed by atoms with E-state index in [0.29, 0.717) is 0 Å². The van der Waals surface area contributed by atoms with Gasteiger partial charge < -0.3 is 11.5 Å². The van der Waals surface area contributed by atoms with Gasteiger partial charge in [-0.05, 0) is 0 Å². The SMILES string of the molecule is NC(=O)c1ncc(Cl)c(N)c1C(F)F. The van der Waals surface area contributed by atoms with Crippen molar-refractivity contribution in [3.05, 3.63) is 22.5 Å². The Labute approximate surface area is 82.9 Å². The molecule has 0 aliphatic heterocycles. The lowest BCUT2D eigenvalue weighted by Crippen LogP contribution is -2.17. The smallest absolute Gasteiger partial charge is 0.268 e. The Kier molecular flexibility index (Phi) is 2.85. The van der Waals surface area contributed by atoms with Crippen LogP contribution in [0.4, 0.5) is 14.5 Å². The minimum Gasteiger partial charge on any atom is -0.397 e. The van der Waals surface area contributed by atoms with Crippen LogP contribution in [0.2, 0.25) is 5.02 Å². The molecule has 0 aliphatic rings. The van der Waals surface area contributed by atoms with Crippen molar-refractivity contribution >= 4 is 23.2 Å². The number of carbonyl (C=O) groups excluding carboxylic acids is 1. The molecule has 0 spiro atoms. The second kappa shape index (κ2) is 3.75. The first-order chi connectivity index (χ1) is 6.45. The van der Waals surface area contributed by atoms with Crippen LogP contribution in [0.3, 0.4) is 0 Å². The molecule has 14 heavy (non-hydrogen) atoms. The fraction of sp³-hybridized carbons (Fsp3) is 0.143. The minimum atomic E-state index is -2.94. The molecule has 0 fully saturated rings. The van der Waals surface area contributed by atoms with E-state index in [1.807, 2.05) is 0 Å². The van der Waals surface area contributed by atoms with E-state index in [-0.39, 0.29) is 10.7 Å². The standard InChI is InChI=1S/C7H6ClF2N3O/c8-2-1-13-5(7(12)14)3(4(2)11)6(9)10/h1,6H,(H2,11,13)(H2,12,14). The van der Waals surface area contributed by atoms with Gasteiger partial charge in [0.05, 0.1) is 16.3 Å². The highest BCUT2D eigenvalue weighted by Gasteiger charge is 2.22. The molecule has 0 atom stereocenters. The molecule has 1 aromatic heterocycles. The fourth-order valence-electron chi connectivity index (χ4n) is 0.934. The number of primary amides is 1. The third-order valence-electron chi connectivity index (χ3n) is 1.56. The van der Waals surface area contributed by atoms with Crippen molar-refractivity contribution in [1.29, 1.82) is 0 Å². The van der Waals surface area contributed by atoms with E-state index in [1.165, 1.54) is 0 Å².